The molecule has 102 valence electrons. The molecule has 1 aliphatic rings. The highest BCUT2D eigenvalue weighted by atomic mass is 79.9. The third-order valence-corrected chi connectivity index (χ3v) is 5.01. The van der Waals surface area contributed by atoms with Crippen LogP contribution in [0.15, 0.2) is 16.7 Å². The average molecular weight is 343 g/mol. The van der Waals surface area contributed by atoms with Gasteiger partial charge in [0.05, 0.1) is 5.88 Å². The van der Waals surface area contributed by atoms with Crippen LogP contribution in [0.4, 0.5) is 0 Å². The van der Waals surface area contributed by atoms with E-state index in [-0.39, 0.29) is 0 Å². The molecule has 0 atom stereocenters. The van der Waals surface area contributed by atoms with E-state index < -0.39 is 0 Å². The number of hydrogen-bond donors (Lipinski definition) is 0. The number of imidazole rings is 1. The van der Waals surface area contributed by atoms with E-state index in [0.29, 0.717) is 17.2 Å². The number of rotatable bonds is 4. The zero-order valence-electron chi connectivity index (χ0n) is 11.2. The van der Waals surface area contributed by atoms with E-state index in [1.165, 1.54) is 12.8 Å². The first-order valence-electron chi connectivity index (χ1n) is 6.62. The predicted molar refractivity (Wildman–Crippen MR) is 81.3 cm³/mol. The second kappa shape index (κ2) is 4.74. The number of aromatic nitrogens is 3. The van der Waals surface area contributed by atoms with Crippen LogP contribution in [0.2, 0.25) is 0 Å². The second-order valence-corrected chi connectivity index (χ2v) is 6.94. The molecular weight excluding hydrogens is 326 g/mol. The van der Waals surface area contributed by atoms with Crippen molar-refractivity contribution in [1.29, 1.82) is 0 Å². The summed E-state index contributed by atoms with van der Waals surface area (Å²) < 4.78 is 3.16. The molecule has 1 aliphatic carbocycles. The molecule has 3 nitrogen and oxygen atoms in total. The number of nitrogens with zero attached hydrogens (tertiary/aromatic N) is 3. The van der Waals surface area contributed by atoms with Gasteiger partial charge in [-0.2, -0.15) is 0 Å². The minimum Gasteiger partial charge on any atom is -0.311 e. The molecule has 0 aliphatic heterocycles. The summed E-state index contributed by atoms with van der Waals surface area (Å²) in [5.74, 6) is 2.04. The lowest BCUT2D eigenvalue weighted by Crippen LogP contribution is -2.19. The van der Waals surface area contributed by atoms with Gasteiger partial charge in [0.1, 0.15) is 11.3 Å². The van der Waals surface area contributed by atoms with Crippen molar-refractivity contribution in [3.05, 3.63) is 22.6 Å². The SMILES string of the molecule is CC(C)C1(Cn2c(CCl)nc3cc(Br)cnc32)CC1. The van der Waals surface area contributed by atoms with Crippen molar-refractivity contribution in [1.82, 2.24) is 14.5 Å². The molecule has 0 saturated heterocycles. The van der Waals surface area contributed by atoms with Crippen molar-refractivity contribution < 1.29 is 0 Å². The first-order valence-corrected chi connectivity index (χ1v) is 7.95. The summed E-state index contributed by atoms with van der Waals surface area (Å²) in [5, 5.41) is 0. The summed E-state index contributed by atoms with van der Waals surface area (Å²) >= 11 is 9.49. The fourth-order valence-corrected chi connectivity index (χ4v) is 3.22. The van der Waals surface area contributed by atoms with E-state index in [1.54, 1.807) is 0 Å². The fraction of sp³-hybridized carbons (Fsp3) is 0.571. The molecule has 0 bridgehead atoms. The van der Waals surface area contributed by atoms with Crippen LogP contribution in [0, 0.1) is 11.3 Å². The van der Waals surface area contributed by atoms with Gasteiger partial charge in [-0.3, -0.25) is 0 Å². The molecule has 2 aromatic heterocycles. The van der Waals surface area contributed by atoms with Gasteiger partial charge in [0.2, 0.25) is 0 Å². The lowest BCUT2D eigenvalue weighted by atomic mass is 9.92. The van der Waals surface area contributed by atoms with Gasteiger partial charge >= 0.3 is 0 Å². The Bertz CT molecular complexity index is 616. The molecule has 0 spiro atoms. The lowest BCUT2D eigenvalue weighted by Gasteiger charge is -2.21. The van der Waals surface area contributed by atoms with Gasteiger partial charge < -0.3 is 4.57 Å². The molecule has 2 aromatic rings. The van der Waals surface area contributed by atoms with Gasteiger partial charge in [-0.05, 0) is 46.2 Å². The maximum atomic E-state index is 6.05. The smallest absolute Gasteiger partial charge is 0.160 e. The Morgan fingerprint density at radius 1 is 1.47 bits per heavy atom. The molecule has 19 heavy (non-hydrogen) atoms. The molecule has 0 unspecified atom stereocenters. The van der Waals surface area contributed by atoms with E-state index in [2.05, 4.69) is 44.3 Å². The highest BCUT2D eigenvalue weighted by Crippen LogP contribution is 2.53. The van der Waals surface area contributed by atoms with E-state index >= 15 is 0 Å². The van der Waals surface area contributed by atoms with Crippen molar-refractivity contribution >= 4 is 38.7 Å². The Balaban J connectivity index is 2.06. The largest absolute Gasteiger partial charge is 0.311 e. The molecule has 1 saturated carbocycles. The molecule has 0 amide bonds. The quantitative estimate of drug-likeness (QED) is 0.773. The Kier molecular flexibility index (Phi) is 3.34. The number of halogens is 2. The number of alkyl halides is 1. The maximum absolute atomic E-state index is 6.05. The van der Waals surface area contributed by atoms with Crippen molar-refractivity contribution in [2.24, 2.45) is 11.3 Å². The van der Waals surface area contributed by atoms with Gasteiger partial charge in [-0.15, -0.1) is 11.6 Å². The van der Waals surface area contributed by atoms with Crippen molar-refractivity contribution in [3.63, 3.8) is 0 Å². The first kappa shape index (κ1) is 13.4. The van der Waals surface area contributed by atoms with E-state index in [0.717, 1.165) is 28.0 Å². The average Bonchev–Trinajstić information content (AvgIpc) is 3.08. The Morgan fingerprint density at radius 3 is 2.79 bits per heavy atom. The normalized spacial score (nSPS) is 17.3. The molecule has 1 fully saturated rings. The van der Waals surface area contributed by atoms with Gasteiger partial charge in [-0.25, -0.2) is 9.97 Å². The second-order valence-electron chi connectivity index (χ2n) is 5.76. The zero-order chi connectivity index (χ0) is 13.6. The van der Waals surface area contributed by atoms with Crippen LogP contribution in [0.5, 0.6) is 0 Å². The Morgan fingerprint density at radius 2 is 2.21 bits per heavy atom. The van der Waals surface area contributed by atoms with Crippen LogP contribution in [0.1, 0.15) is 32.5 Å². The van der Waals surface area contributed by atoms with Gasteiger partial charge in [-0.1, -0.05) is 13.8 Å². The van der Waals surface area contributed by atoms with Crippen LogP contribution in [-0.4, -0.2) is 14.5 Å². The van der Waals surface area contributed by atoms with Crippen LogP contribution < -0.4 is 0 Å². The van der Waals surface area contributed by atoms with Gasteiger partial charge in [0.25, 0.3) is 0 Å². The molecule has 0 radical (unpaired) electrons. The zero-order valence-corrected chi connectivity index (χ0v) is 13.5. The molecule has 0 aromatic carbocycles. The van der Waals surface area contributed by atoms with E-state index in [4.69, 9.17) is 11.6 Å². The topological polar surface area (TPSA) is 30.7 Å². The summed E-state index contributed by atoms with van der Waals surface area (Å²) in [6.45, 7) is 5.59. The molecule has 3 rings (SSSR count). The van der Waals surface area contributed by atoms with Crippen molar-refractivity contribution in [2.75, 3.05) is 0 Å². The summed E-state index contributed by atoms with van der Waals surface area (Å²) in [4.78, 5) is 9.12. The van der Waals surface area contributed by atoms with Crippen molar-refractivity contribution in [2.45, 2.75) is 39.1 Å². The Hall–Kier alpha value is -0.610. The minimum absolute atomic E-state index is 0.420. The summed E-state index contributed by atoms with van der Waals surface area (Å²) in [6, 6.07) is 2.00. The van der Waals surface area contributed by atoms with Crippen molar-refractivity contribution in [3.8, 4) is 0 Å². The highest BCUT2D eigenvalue weighted by molar-refractivity contribution is 9.10. The summed E-state index contributed by atoms with van der Waals surface area (Å²) in [5.41, 5.74) is 2.29. The fourth-order valence-electron chi connectivity index (χ4n) is 2.69. The van der Waals surface area contributed by atoms with Crippen LogP contribution >= 0.6 is 27.5 Å². The van der Waals surface area contributed by atoms with E-state index in [1.807, 2.05) is 12.3 Å². The third kappa shape index (κ3) is 2.29. The summed E-state index contributed by atoms with van der Waals surface area (Å²) in [6.07, 6.45) is 4.42. The van der Waals surface area contributed by atoms with Gasteiger partial charge in [0, 0.05) is 17.2 Å². The van der Waals surface area contributed by atoms with Crippen LogP contribution in [0.3, 0.4) is 0 Å². The van der Waals surface area contributed by atoms with Crippen LogP contribution in [0.25, 0.3) is 11.2 Å². The predicted octanol–water partition coefficient (Wildman–Crippen LogP) is 4.37. The Labute approximate surface area is 126 Å². The minimum atomic E-state index is 0.420. The number of pyridine rings is 1. The first-order chi connectivity index (χ1) is 9.05. The molecule has 2 heterocycles. The summed E-state index contributed by atoms with van der Waals surface area (Å²) in [7, 11) is 0. The molecule has 0 N–H and O–H groups in total. The number of hydrogen-bond acceptors (Lipinski definition) is 2. The maximum Gasteiger partial charge on any atom is 0.160 e. The van der Waals surface area contributed by atoms with Gasteiger partial charge in [0.15, 0.2) is 5.65 Å². The van der Waals surface area contributed by atoms with E-state index in [9.17, 15) is 0 Å². The van der Waals surface area contributed by atoms with Crippen LogP contribution in [-0.2, 0) is 12.4 Å². The molecular formula is C14H17BrClN3. The lowest BCUT2D eigenvalue weighted by molar-refractivity contribution is 0.309. The third-order valence-electron chi connectivity index (χ3n) is 4.34. The molecule has 5 heteroatoms. The standard InChI is InChI=1S/C14H17BrClN3/c1-9(2)14(3-4-14)8-19-12(6-16)18-11-5-10(15)7-17-13(11)19/h5,7,9H,3-4,6,8H2,1-2H3. The highest BCUT2D eigenvalue weighted by Gasteiger charge is 2.46. The number of fused-ring (bicyclic) bond motifs is 1. The monoisotopic (exact) mass is 341 g/mol.